The summed E-state index contributed by atoms with van der Waals surface area (Å²) in [5.74, 6) is 0.169. The number of anilines is 1. The molecule has 1 atom stereocenters. The summed E-state index contributed by atoms with van der Waals surface area (Å²) in [6, 6.07) is 7.22. The minimum absolute atomic E-state index is 0.0338. The van der Waals surface area contributed by atoms with Gasteiger partial charge in [0.15, 0.2) is 6.10 Å². The lowest BCUT2D eigenvalue weighted by Gasteiger charge is -2.32. The number of hydrogen-bond acceptors (Lipinski definition) is 5. The van der Waals surface area contributed by atoms with E-state index in [2.05, 4.69) is 10.3 Å². The molecule has 0 aliphatic carbocycles. The average molecular weight is 331 g/mol. The largest absolute Gasteiger partial charge is 0.479 e. The zero-order chi connectivity index (χ0) is 16.4. The third kappa shape index (κ3) is 3.34. The van der Waals surface area contributed by atoms with Gasteiger partial charge in [0, 0.05) is 11.1 Å². The SMILES string of the molecule is Cc1csc(CNC(=O)CN2C(=O)C(C)Oc3ccccc32)n1. The van der Waals surface area contributed by atoms with Gasteiger partial charge in [0.05, 0.1) is 12.2 Å². The van der Waals surface area contributed by atoms with Crippen molar-refractivity contribution in [1.82, 2.24) is 10.3 Å². The summed E-state index contributed by atoms with van der Waals surface area (Å²) in [6.07, 6.45) is -0.598. The Morgan fingerprint density at radius 2 is 2.22 bits per heavy atom. The average Bonchev–Trinajstić information content (AvgIpc) is 2.95. The van der Waals surface area contributed by atoms with Gasteiger partial charge in [0.1, 0.15) is 17.3 Å². The molecule has 7 heteroatoms. The Bertz CT molecular complexity index is 744. The highest BCUT2D eigenvalue weighted by molar-refractivity contribution is 7.09. The van der Waals surface area contributed by atoms with Crippen molar-refractivity contribution >= 4 is 28.8 Å². The van der Waals surface area contributed by atoms with Crippen molar-refractivity contribution in [2.45, 2.75) is 26.5 Å². The fourth-order valence-corrected chi connectivity index (χ4v) is 3.09. The molecule has 6 nitrogen and oxygen atoms in total. The highest BCUT2D eigenvalue weighted by Crippen LogP contribution is 2.33. The third-order valence-corrected chi connectivity index (χ3v) is 4.45. The Kier molecular flexibility index (Phi) is 4.29. The molecule has 1 N–H and O–H groups in total. The molecule has 1 aliphatic rings. The molecular weight excluding hydrogens is 314 g/mol. The molecule has 1 aromatic carbocycles. The minimum Gasteiger partial charge on any atom is -0.479 e. The van der Waals surface area contributed by atoms with Crippen LogP contribution in [0.2, 0.25) is 0 Å². The van der Waals surface area contributed by atoms with Gasteiger partial charge >= 0.3 is 0 Å². The van der Waals surface area contributed by atoms with E-state index in [4.69, 9.17) is 4.74 Å². The lowest BCUT2D eigenvalue weighted by Crippen LogP contribution is -2.48. The van der Waals surface area contributed by atoms with E-state index in [-0.39, 0.29) is 18.4 Å². The van der Waals surface area contributed by atoms with E-state index < -0.39 is 6.10 Å². The van der Waals surface area contributed by atoms with E-state index in [9.17, 15) is 9.59 Å². The van der Waals surface area contributed by atoms with Gasteiger partial charge in [-0.2, -0.15) is 0 Å². The Labute approximate surface area is 138 Å². The van der Waals surface area contributed by atoms with Gasteiger partial charge in [-0.15, -0.1) is 11.3 Å². The summed E-state index contributed by atoms with van der Waals surface area (Å²) in [7, 11) is 0. The number of aromatic nitrogens is 1. The first kappa shape index (κ1) is 15.5. The van der Waals surface area contributed by atoms with Crippen LogP contribution in [0.5, 0.6) is 5.75 Å². The lowest BCUT2D eigenvalue weighted by molar-refractivity contribution is -0.128. The number of rotatable bonds is 4. The molecule has 0 spiro atoms. The summed E-state index contributed by atoms with van der Waals surface area (Å²) in [5.41, 5.74) is 1.56. The maximum Gasteiger partial charge on any atom is 0.268 e. The Hall–Kier alpha value is -2.41. The fourth-order valence-electron chi connectivity index (χ4n) is 2.38. The maximum absolute atomic E-state index is 12.3. The van der Waals surface area contributed by atoms with Gasteiger partial charge < -0.3 is 10.1 Å². The predicted octanol–water partition coefficient (Wildman–Crippen LogP) is 1.88. The fraction of sp³-hybridized carbons (Fsp3) is 0.312. The zero-order valence-corrected chi connectivity index (χ0v) is 13.7. The molecule has 1 aromatic heterocycles. The second kappa shape index (κ2) is 6.37. The van der Waals surface area contributed by atoms with Gasteiger partial charge in [0.2, 0.25) is 5.91 Å². The number of carbonyl (C=O) groups is 2. The third-order valence-electron chi connectivity index (χ3n) is 3.48. The summed E-state index contributed by atoms with van der Waals surface area (Å²) < 4.78 is 5.56. The van der Waals surface area contributed by atoms with E-state index in [0.717, 1.165) is 10.7 Å². The molecule has 0 fully saturated rings. The Morgan fingerprint density at radius 1 is 1.43 bits per heavy atom. The molecule has 1 aliphatic heterocycles. The van der Waals surface area contributed by atoms with Crippen molar-refractivity contribution in [1.29, 1.82) is 0 Å². The van der Waals surface area contributed by atoms with Crippen molar-refractivity contribution < 1.29 is 14.3 Å². The van der Waals surface area contributed by atoms with Gasteiger partial charge in [-0.3, -0.25) is 14.5 Å². The van der Waals surface area contributed by atoms with Gasteiger partial charge in [0.25, 0.3) is 5.91 Å². The summed E-state index contributed by atoms with van der Waals surface area (Å²) in [4.78, 5) is 30.3. The number of amides is 2. The molecule has 0 bridgehead atoms. The van der Waals surface area contributed by atoms with E-state index in [0.29, 0.717) is 18.0 Å². The van der Waals surface area contributed by atoms with E-state index in [1.165, 1.54) is 16.2 Å². The molecule has 2 amide bonds. The number of carbonyl (C=O) groups excluding carboxylic acids is 2. The zero-order valence-electron chi connectivity index (χ0n) is 12.9. The van der Waals surface area contributed by atoms with Crippen LogP contribution in [0, 0.1) is 6.92 Å². The van der Waals surface area contributed by atoms with Crippen molar-refractivity contribution in [3.63, 3.8) is 0 Å². The normalized spacial score (nSPS) is 16.7. The second-order valence-electron chi connectivity index (χ2n) is 5.31. The molecule has 0 radical (unpaired) electrons. The minimum atomic E-state index is -0.598. The monoisotopic (exact) mass is 331 g/mol. The first-order chi connectivity index (χ1) is 11.0. The van der Waals surface area contributed by atoms with Crippen LogP contribution >= 0.6 is 11.3 Å². The number of thiazole rings is 1. The van der Waals surface area contributed by atoms with Gasteiger partial charge in [-0.1, -0.05) is 12.1 Å². The topological polar surface area (TPSA) is 71.5 Å². The number of aryl methyl sites for hydroxylation is 1. The number of benzene rings is 1. The number of nitrogens with one attached hydrogen (secondary N) is 1. The number of fused-ring (bicyclic) bond motifs is 1. The summed E-state index contributed by atoms with van der Waals surface area (Å²) in [5, 5.41) is 5.58. The van der Waals surface area contributed by atoms with Crippen LogP contribution in [-0.4, -0.2) is 29.4 Å². The number of para-hydroxylation sites is 2. The summed E-state index contributed by atoms with van der Waals surface area (Å²) in [6.45, 7) is 3.93. The first-order valence-electron chi connectivity index (χ1n) is 7.29. The van der Waals surface area contributed by atoms with Gasteiger partial charge in [-0.25, -0.2) is 4.98 Å². The van der Waals surface area contributed by atoms with E-state index >= 15 is 0 Å². The molecule has 120 valence electrons. The maximum atomic E-state index is 12.3. The Morgan fingerprint density at radius 3 is 2.96 bits per heavy atom. The van der Waals surface area contributed by atoms with Gasteiger partial charge in [-0.05, 0) is 26.0 Å². The second-order valence-corrected chi connectivity index (χ2v) is 6.25. The molecule has 2 heterocycles. The van der Waals surface area contributed by atoms with Crippen LogP contribution < -0.4 is 15.0 Å². The molecule has 0 saturated carbocycles. The number of hydrogen-bond donors (Lipinski definition) is 1. The molecule has 3 rings (SSSR count). The lowest BCUT2D eigenvalue weighted by atomic mass is 10.2. The molecule has 0 saturated heterocycles. The number of nitrogens with zero attached hydrogens (tertiary/aromatic N) is 2. The smallest absolute Gasteiger partial charge is 0.268 e. The van der Waals surface area contributed by atoms with Crippen molar-refractivity contribution in [2.75, 3.05) is 11.4 Å². The van der Waals surface area contributed by atoms with Crippen molar-refractivity contribution in [3.05, 3.63) is 40.3 Å². The summed E-state index contributed by atoms with van der Waals surface area (Å²) >= 11 is 1.50. The predicted molar refractivity (Wildman–Crippen MR) is 87.6 cm³/mol. The highest BCUT2D eigenvalue weighted by atomic mass is 32.1. The first-order valence-corrected chi connectivity index (χ1v) is 8.17. The van der Waals surface area contributed by atoms with Crippen LogP contribution in [-0.2, 0) is 16.1 Å². The van der Waals surface area contributed by atoms with E-state index in [1.54, 1.807) is 19.1 Å². The van der Waals surface area contributed by atoms with Crippen LogP contribution in [0.1, 0.15) is 17.6 Å². The molecular formula is C16H17N3O3S. The van der Waals surface area contributed by atoms with Crippen LogP contribution in [0.4, 0.5) is 5.69 Å². The Balaban J connectivity index is 1.68. The standard InChI is InChI=1S/C16H17N3O3S/c1-10-9-23-15(18-10)7-17-14(20)8-19-12-5-3-4-6-13(12)22-11(2)16(19)21/h3-6,9,11H,7-8H2,1-2H3,(H,17,20). The van der Waals surface area contributed by atoms with Crippen LogP contribution in [0.15, 0.2) is 29.6 Å². The molecule has 23 heavy (non-hydrogen) atoms. The quantitative estimate of drug-likeness (QED) is 0.928. The molecule has 1 unspecified atom stereocenters. The highest BCUT2D eigenvalue weighted by Gasteiger charge is 2.32. The number of ether oxygens (including phenoxy) is 1. The van der Waals surface area contributed by atoms with Crippen molar-refractivity contribution in [2.24, 2.45) is 0 Å². The van der Waals surface area contributed by atoms with Crippen LogP contribution in [0.25, 0.3) is 0 Å². The molecule has 2 aromatic rings. The van der Waals surface area contributed by atoms with Crippen molar-refractivity contribution in [3.8, 4) is 5.75 Å². The van der Waals surface area contributed by atoms with Crippen LogP contribution in [0.3, 0.4) is 0 Å². The van der Waals surface area contributed by atoms with E-state index in [1.807, 2.05) is 24.4 Å².